The molecule has 0 aliphatic carbocycles. The van der Waals surface area contributed by atoms with Gasteiger partial charge in [-0.3, -0.25) is 9.29 Å². The van der Waals surface area contributed by atoms with E-state index in [1.54, 1.807) is 7.11 Å². The van der Waals surface area contributed by atoms with Crippen LogP contribution in [0.2, 0.25) is 0 Å². The van der Waals surface area contributed by atoms with Crippen LogP contribution in [0.5, 0.6) is 5.75 Å². The van der Waals surface area contributed by atoms with E-state index in [1.165, 1.54) is 11.1 Å². The third-order valence-electron chi connectivity index (χ3n) is 3.81. The van der Waals surface area contributed by atoms with E-state index in [0.717, 1.165) is 31.9 Å². The van der Waals surface area contributed by atoms with E-state index in [-0.39, 0.29) is 25.1 Å². The van der Waals surface area contributed by atoms with Crippen LogP contribution in [-0.2, 0) is 0 Å². The summed E-state index contributed by atoms with van der Waals surface area (Å²) in [7, 11) is 1.67. The molecule has 0 spiro atoms. The highest BCUT2D eigenvalue weighted by Crippen LogP contribution is 2.29. The van der Waals surface area contributed by atoms with Crippen LogP contribution >= 0.6 is 12.4 Å². The maximum absolute atomic E-state index is 12.9. The monoisotopic (exact) mass is 302 g/mol. The van der Waals surface area contributed by atoms with Gasteiger partial charge in [0.2, 0.25) is 0 Å². The molecule has 0 saturated carbocycles. The lowest BCUT2D eigenvalue weighted by molar-refractivity contribution is 0.157. The standard InChI is InChI=1S/C15H23FN2O.ClH/c1-12-11-13(19-2)3-4-14(12)15(5-6-16)18-9-7-17-8-10-18;/h3-4,11,15,17H,5-10H2,1-2H3;1H/t15-;/m0./s1. The Labute approximate surface area is 126 Å². The minimum absolute atomic E-state index is 0. The molecule has 0 aromatic heterocycles. The van der Waals surface area contributed by atoms with Gasteiger partial charge in [0.1, 0.15) is 5.75 Å². The number of aryl methyl sites for hydroxylation is 1. The van der Waals surface area contributed by atoms with Crippen LogP contribution in [-0.4, -0.2) is 44.9 Å². The second-order valence-corrected chi connectivity index (χ2v) is 5.00. The molecule has 20 heavy (non-hydrogen) atoms. The molecule has 1 aliphatic heterocycles. The topological polar surface area (TPSA) is 24.5 Å². The molecule has 1 fully saturated rings. The summed E-state index contributed by atoms with van der Waals surface area (Å²) in [4.78, 5) is 2.38. The van der Waals surface area contributed by atoms with Crippen molar-refractivity contribution in [3.63, 3.8) is 0 Å². The van der Waals surface area contributed by atoms with Crippen LogP contribution in [0.25, 0.3) is 0 Å². The minimum Gasteiger partial charge on any atom is -0.497 e. The number of piperazine rings is 1. The van der Waals surface area contributed by atoms with E-state index < -0.39 is 0 Å². The van der Waals surface area contributed by atoms with Crippen LogP contribution in [0.15, 0.2) is 18.2 Å². The van der Waals surface area contributed by atoms with Gasteiger partial charge >= 0.3 is 0 Å². The maximum Gasteiger partial charge on any atom is 0.119 e. The number of hydrogen-bond donors (Lipinski definition) is 1. The molecule has 114 valence electrons. The first-order valence-corrected chi connectivity index (χ1v) is 6.91. The summed E-state index contributed by atoms with van der Waals surface area (Å²) in [5.74, 6) is 0.862. The lowest BCUT2D eigenvalue weighted by atomic mass is 9.97. The van der Waals surface area contributed by atoms with Gasteiger partial charge in [-0.05, 0) is 36.6 Å². The maximum atomic E-state index is 12.9. The van der Waals surface area contributed by atoms with Gasteiger partial charge in [0.15, 0.2) is 0 Å². The van der Waals surface area contributed by atoms with Crippen molar-refractivity contribution >= 4 is 12.4 Å². The fraction of sp³-hybridized carbons (Fsp3) is 0.600. The van der Waals surface area contributed by atoms with Crippen LogP contribution < -0.4 is 10.1 Å². The molecular weight excluding hydrogens is 279 g/mol. The highest BCUT2D eigenvalue weighted by molar-refractivity contribution is 5.85. The van der Waals surface area contributed by atoms with E-state index in [1.807, 2.05) is 12.1 Å². The molecule has 0 bridgehead atoms. The second-order valence-electron chi connectivity index (χ2n) is 5.00. The predicted octanol–water partition coefficient (Wildman–Crippen LogP) is 2.73. The summed E-state index contributed by atoms with van der Waals surface area (Å²) in [5, 5.41) is 3.34. The quantitative estimate of drug-likeness (QED) is 0.905. The first kappa shape index (κ1) is 17.2. The van der Waals surface area contributed by atoms with Crippen LogP contribution in [0.1, 0.15) is 23.6 Å². The third kappa shape index (κ3) is 4.08. The lowest BCUT2D eigenvalue weighted by Gasteiger charge is -2.35. The summed E-state index contributed by atoms with van der Waals surface area (Å²) in [5.41, 5.74) is 2.40. The Morgan fingerprint density at radius 1 is 1.35 bits per heavy atom. The summed E-state index contributed by atoms with van der Waals surface area (Å²) in [6.45, 7) is 5.73. The Morgan fingerprint density at radius 2 is 2.05 bits per heavy atom. The number of ether oxygens (including phenoxy) is 1. The van der Waals surface area contributed by atoms with Crippen molar-refractivity contribution in [1.82, 2.24) is 10.2 Å². The zero-order valence-electron chi connectivity index (χ0n) is 12.2. The van der Waals surface area contributed by atoms with Crippen molar-refractivity contribution in [2.24, 2.45) is 0 Å². The largest absolute Gasteiger partial charge is 0.497 e. The first-order valence-electron chi connectivity index (χ1n) is 6.91. The number of nitrogens with zero attached hydrogens (tertiary/aromatic N) is 1. The molecule has 1 atom stereocenters. The molecule has 0 amide bonds. The Balaban J connectivity index is 0.00000200. The molecule has 1 aromatic rings. The molecular formula is C15H24ClFN2O. The smallest absolute Gasteiger partial charge is 0.119 e. The first-order chi connectivity index (χ1) is 9.26. The minimum atomic E-state index is -0.278. The van der Waals surface area contributed by atoms with E-state index >= 15 is 0 Å². The Kier molecular flexibility index (Phi) is 7.27. The summed E-state index contributed by atoms with van der Waals surface area (Å²) in [6, 6.07) is 6.26. The van der Waals surface area contributed by atoms with Gasteiger partial charge in [-0.25, -0.2) is 0 Å². The Bertz CT molecular complexity index is 411. The van der Waals surface area contributed by atoms with Gasteiger partial charge < -0.3 is 10.1 Å². The van der Waals surface area contributed by atoms with E-state index in [2.05, 4.69) is 23.2 Å². The second kappa shape index (κ2) is 8.45. The van der Waals surface area contributed by atoms with E-state index in [0.29, 0.717) is 6.42 Å². The van der Waals surface area contributed by atoms with Gasteiger partial charge in [-0.15, -0.1) is 12.4 Å². The third-order valence-corrected chi connectivity index (χ3v) is 3.81. The molecule has 0 radical (unpaired) electrons. The van der Waals surface area contributed by atoms with Crippen molar-refractivity contribution in [1.29, 1.82) is 0 Å². The van der Waals surface area contributed by atoms with Crippen LogP contribution in [0, 0.1) is 6.92 Å². The van der Waals surface area contributed by atoms with Crippen molar-refractivity contribution in [3.8, 4) is 5.75 Å². The van der Waals surface area contributed by atoms with Gasteiger partial charge in [-0.2, -0.15) is 0 Å². The van der Waals surface area contributed by atoms with E-state index in [9.17, 15) is 4.39 Å². The van der Waals surface area contributed by atoms with Gasteiger partial charge in [-0.1, -0.05) is 6.07 Å². The molecule has 1 aromatic carbocycles. The van der Waals surface area contributed by atoms with Gasteiger partial charge in [0.25, 0.3) is 0 Å². The number of halogens is 2. The van der Waals surface area contributed by atoms with Crippen molar-refractivity contribution in [3.05, 3.63) is 29.3 Å². The van der Waals surface area contributed by atoms with Crippen molar-refractivity contribution < 1.29 is 9.13 Å². The number of alkyl halides is 1. The lowest BCUT2D eigenvalue weighted by Crippen LogP contribution is -2.45. The highest BCUT2D eigenvalue weighted by Gasteiger charge is 2.23. The SMILES string of the molecule is COc1ccc([C@H](CCF)N2CCNCC2)c(C)c1.Cl. The molecule has 3 nitrogen and oxygen atoms in total. The number of hydrogen-bond acceptors (Lipinski definition) is 3. The number of rotatable bonds is 5. The number of methoxy groups -OCH3 is 1. The average Bonchev–Trinajstić information content (AvgIpc) is 2.46. The van der Waals surface area contributed by atoms with Crippen LogP contribution in [0.4, 0.5) is 4.39 Å². The summed E-state index contributed by atoms with van der Waals surface area (Å²) < 4.78 is 18.1. The molecule has 1 aliphatic rings. The summed E-state index contributed by atoms with van der Waals surface area (Å²) >= 11 is 0. The normalized spacial score (nSPS) is 17.4. The molecule has 0 unspecified atom stereocenters. The molecule has 5 heteroatoms. The van der Waals surface area contributed by atoms with Gasteiger partial charge in [0.05, 0.1) is 13.8 Å². The zero-order chi connectivity index (χ0) is 13.7. The fourth-order valence-electron chi connectivity index (χ4n) is 2.78. The van der Waals surface area contributed by atoms with Crippen LogP contribution in [0.3, 0.4) is 0 Å². The predicted molar refractivity (Wildman–Crippen MR) is 82.8 cm³/mol. The molecule has 1 N–H and O–H groups in total. The van der Waals surface area contributed by atoms with Crippen molar-refractivity contribution in [2.75, 3.05) is 40.0 Å². The summed E-state index contributed by atoms with van der Waals surface area (Å²) in [6.07, 6.45) is 0.563. The molecule has 1 heterocycles. The van der Waals surface area contributed by atoms with Gasteiger partial charge in [0, 0.05) is 32.2 Å². The average molecular weight is 303 g/mol. The number of nitrogens with one attached hydrogen (secondary N) is 1. The molecule has 2 rings (SSSR count). The Hall–Kier alpha value is -0.840. The zero-order valence-corrected chi connectivity index (χ0v) is 13.0. The molecule has 1 saturated heterocycles. The Morgan fingerprint density at radius 3 is 2.60 bits per heavy atom. The fourth-order valence-corrected chi connectivity index (χ4v) is 2.78. The van der Waals surface area contributed by atoms with E-state index in [4.69, 9.17) is 4.74 Å². The number of benzene rings is 1. The van der Waals surface area contributed by atoms with Crippen molar-refractivity contribution in [2.45, 2.75) is 19.4 Å². The highest BCUT2D eigenvalue weighted by atomic mass is 35.5.